The van der Waals surface area contributed by atoms with Crippen molar-refractivity contribution in [1.29, 1.82) is 0 Å². The van der Waals surface area contributed by atoms with Gasteiger partial charge in [-0.15, -0.1) is 10.2 Å². The van der Waals surface area contributed by atoms with Gasteiger partial charge in [0.2, 0.25) is 11.7 Å². The first-order valence-electron chi connectivity index (χ1n) is 11.7. The molecule has 188 valence electrons. The van der Waals surface area contributed by atoms with Crippen molar-refractivity contribution < 1.29 is 18.8 Å². The molecule has 36 heavy (non-hydrogen) atoms. The second-order valence-electron chi connectivity index (χ2n) is 9.64. The predicted molar refractivity (Wildman–Crippen MR) is 130 cm³/mol. The maximum atomic E-state index is 12.0. The first kappa shape index (κ1) is 23.7. The lowest BCUT2D eigenvalue weighted by atomic mass is 9.88. The van der Waals surface area contributed by atoms with Gasteiger partial charge in [0.05, 0.1) is 36.2 Å². The number of nitrogens with zero attached hydrogens (tertiary/aromatic N) is 7. The Morgan fingerprint density at radius 2 is 2.00 bits per heavy atom. The fourth-order valence-corrected chi connectivity index (χ4v) is 4.23. The number of ether oxygens (including phenoxy) is 2. The first-order valence-corrected chi connectivity index (χ1v) is 11.7. The molecule has 12 heteroatoms. The molecule has 0 aliphatic carbocycles. The Balaban J connectivity index is 1.51. The number of pyridine rings is 1. The molecule has 1 aliphatic rings. The second kappa shape index (κ2) is 9.19. The van der Waals surface area contributed by atoms with Crippen molar-refractivity contribution >= 4 is 17.2 Å². The van der Waals surface area contributed by atoms with Gasteiger partial charge < -0.3 is 24.6 Å². The van der Waals surface area contributed by atoms with Gasteiger partial charge in [-0.3, -0.25) is 4.79 Å². The zero-order valence-electron chi connectivity index (χ0n) is 20.7. The number of nitrogens with two attached hydrogens (primary N) is 1. The third-order valence-electron chi connectivity index (χ3n) is 5.89. The molecule has 1 amide bonds. The van der Waals surface area contributed by atoms with E-state index in [0.717, 1.165) is 11.1 Å². The van der Waals surface area contributed by atoms with Crippen LogP contribution in [0.4, 0.5) is 5.82 Å². The smallest absolute Gasteiger partial charge is 0.252 e. The van der Waals surface area contributed by atoms with Crippen molar-refractivity contribution in [1.82, 2.24) is 30.0 Å². The van der Waals surface area contributed by atoms with Gasteiger partial charge in [0.25, 0.3) is 5.91 Å². The van der Waals surface area contributed by atoms with Crippen molar-refractivity contribution in [2.45, 2.75) is 39.7 Å². The van der Waals surface area contributed by atoms with Gasteiger partial charge >= 0.3 is 0 Å². The minimum Gasteiger partial charge on any atom is -0.470 e. The maximum Gasteiger partial charge on any atom is 0.252 e. The van der Waals surface area contributed by atoms with Crippen LogP contribution in [0.5, 0.6) is 5.88 Å². The Morgan fingerprint density at radius 1 is 1.22 bits per heavy atom. The summed E-state index contributed by atoms with van der Waals surface area (Å²) in [6, 6.07) is 5.20. The van der Waals surface area contributed by atoms with Gasteiger partial charge in [-0.25, -0.2) is 9.50 Å². The van der Waals surface area contributed by atoms with E-state index >= 15 is 0 Å². The third-order valence-corrected chi connectivity index (χ3v) is 5.89. The molecular weight excluding hydrogens is 464 g/mol. The van der Waals surface area contributed by atoms with E-state index in [9.17, 15) is 4.79 Å². The Morgan fingerprint density at radius 3 is 2.67 bits per heavy atom. The van der Waals surface area contributed by atoms with Gasteiger partial charge in [0.15, 0.2) is 5.69 Å². The number of carbonyl (C=O) groups excluding carboxylic acids is 1. The number of aryl methyl sites for hydroxylation is 1. The zero-order chi connectivity index (χ0) is 25.4. The number of primary amides is 1. The van der Waals surface area contributed by atoms with E-state index in [-0.39, 0.29) is 12.0 Å². The number of hydrogen-bond acceptors (Lipinski definition) is 10. The molecule has 1 aliphatic heterocycles. The van der Waals surface area contributed by atoms with E-state index in [1.54, 1.807) is 28.9 Å². The average molecular weight is 493 g/mol. The van der Waals surface area contributed by atoms with E-state index in [0.29, 0.717) is 66.5 Å². The number of fused-ring (bicyclic) bond motifs is 1. The molecule has 5 rings (SSSR count). The monoisotopic (exact) mass is 492 g/mol. The standard InChI is InChI=1S/C24H28N8O4/c1-14-11-17(30-36-14)22-28-26-12-18-19(24(2,3)4)23(29-32(18)22)35-13-15-5-6-16(20(25)33)21(27-15)31-7-9-34-10-8-31/h5-6,11-12H,7-10,13H2,1-4H3,(H2,25,33). The molecule has 2 N–H and O–H groups in total. The molecule has 0 atom stereocenters. The lowest BCUT2D eigenvalue weighted by Gasteiger charge is -2.29. The molecule has 0 unspecified atom stereocenters. The van der Waals surface area contributed by atoms with Crippen molar-refractivity contribution in [2.24, 2.45) is 5.73 Å². The highest BCUT2D eigenvalue weighted by Gasteiger charge is 2.28. The Bertz CT molecular complexity index is 1420. The van der Waals surface area contributed by atoms with Gasteiger partial charge in [-0.2, -0.15) is 5.10 Å². The van der Waals surface area contributed by atoms with E-state index in [4.69, 9.17) is 29.8 Å². The van der Waals surface area contributed by atoms with Crippen LogP contribution in [0, 0.1) is 6.92 Å². The lowest BCUT2D eigenvalue weighted by molar-refractivity contribution is 0.0997. The molecule has 1 saturated heterocycles. The third kappa shape index (κ3) is 4.47. The highest BCUT2D eigenvalue weighted by Crippen LogP contribution is 2.36. The Hall–Kier alpha value is -4.06. The van der Waals surface area contributed by atoms with Crippen LogP contribution in [0.15, 0.2) is 28.9 Å². The number of aromatic nitrogens is 6. The fraction of sp³-hybridized carbons (Fsp3) is 0.417. The number of rotatable bonds is 6. The average Bonchev–Trinajstić information content (AvgIpc) is 3.46. The van der Waals surface area contributed by atoms with Gasteiger partial charge in [-0.05, 0) is 24.5 Å². The summed E-state index contributed by atoms with van der Waals surface area (Å²) in [5, 5.41) is 17.2. The van der Waals surface area contributed by atoms with Crippen molar-refractivity contribution in [2.75, 3.05) is 31.2 Å². The van der Waals surface area contributed by atoms with Crippen molar-refractivity contribution in [3.05, 3.63) is 47.0 Å². The molecule has 0 radical (unpaired) electrons. The number of morpholine rings is 1. The van der Waals surface area contributed by atoms with Crippen LogP contribution in [0.2, 0.25) is 0 Å². The summed E-state index contributed by atoms with van der Waals surface area (Å²) in [5.41, 5.74) is 8.47. The SMILES string of the molecule is Cc1cc(-c2nncc3c(C(C)(C)C)c(OCc4ccc(C(N)=O)c(N5CCOCC5)n4)nn23)no1. The van der Waals surface area contributed by atoms with E-state index < -0.39 is 5.91 Å². The summed E-state index contributed by atoms with van der Waals surface area (Å²) in [4.78, 5) is 18.7. The number of amides is 1. The largest absolute Gasteiger partial charge is 0.470 e. The van der Waals surface area contributed by atoms with Gasteiger partial charge in [0, 0.05) is 24.7 Å². The van der Waals surface area contributed by atoms with Crippen molar-refractivity contribution in [3.63, 3.8) is 0 Å². The van der Waals surface area contributed by atoms with Crippen LogP contribution in [0.1, 0.15) is 48.1 Å². The summed E-state index contributed by atoms with van der Waals surface area (Å²) >= 11 is 0. The molecule has 0 aromatic carbocycles. The van der Waals surface area contributed by atoms with E-state index in [1.807, 2.05) is 11.8 Å². The molecule has 0 saturated carbocycles. The van der Waals surface area contributed by atoms with Crippen LogP contribution in [-0.4, -0.2) is 62.2 Å². The summed E-state index contributed by atoms with van der Waals surface area (Å²) < 4.78 is 18.5. The normalized spacial score (nSPS) is 14.4. The molecular formula is C24H28N8O4. The molecule has 1 fully saturated rings. The Labute approximate surface area is 207 Å². The summed E-state index contributed by atoms with van der Waals surface area (Å²) in [6.45, 7) is 10.6. The van der Waals surface area contributed by atoms with Gasteiger partial charge in [-0.1, -0.05) is 25.9 Å². The van der Waals surface area contributed by atoms with Crippen LogP contribution in [0.25, 0.3) is 17.0 Å². The van der Waals surface area contributed by atoms with Crippen LogP contribution >= 0.6 is 0 Å². The number of hydrogen-bond donors (Lipinski definition) is 1. The summed E-state index contributed by atoms with van der Waals surface area (Å²) in [6.07, 6.45) is 1.66. The lowest BCUT2D eigenvalue weighted by Crippen LogP contribution is -2.38. The summed E-state index contributed by atoms with van der Waals surface area (Å²) in [7, 11) is 0. The molecule has 4 aromatic rings. The van der Waals surface area contributed by atoms with E-state index in [1.165, 1.54) is 0 Å². The number of anilines is 1. The highest BCUT2D eigenvalue weighted by molar-refractivity contribution is 5.97. The molecule has 12 nitrogen and oxygen atoms in total. The number of carbonyl (C=O) groups is 1. The van der Waals surface area contributed by atoms with Crippen LogP contribution < -0.4 is 15.4 Å². The molecule has 0 spiro atoms. The predicted octanol–water partition coefficient (Wildman–Crippen LogP) is 2.29. The van der Waals surface area contributed by atoms with Crippen LogP contribution in [0.3, 0.4) is 0 Å². The first-order chi connectivity index (χ1) is 17.2. The maximum absolute atomic E-state index is 12.0. The molecule has 0 bridgehead atoms. The fourth-order valence-electron chi connectivity index (χ4n) is 4.23. The molecule has 4 aromatic heterocycles. The van der Waals surface area contributed by atoms with Gasteiger partial charge in [0.1, 0.15) is 18.2 Å². The second-order valence-corrected chi connectivity index (χ2v) is 9.64. The van der Waals surface area contributed by atoms with Crippen molar-refractivity contribution in [3.8, 4) is 17.4 Å². The topological polar surface area (TPSA) is 147 Å². The molecule has 5 heterocycles. The highest BCUT2D eigenvalue weighted by atomic mass is 16.5. The minimum atomic E-state index is -0.526. The Kier molecular flexibility index (Phi) is 6.04. The zero-order valence-corrected chi connectivity index (χ0v) is 20.7. The quantitative estimate of drug-likeness (QED) is 0.425. The summed E-state index contributed by atoms with van der Waals surface area (Å²) in [5.74, 6) is 1.55. The van der Waals surface area contributed by atoms with Crippen LogP contribution in [-0.2, 0) is 16.8 Å². The minimum absolute atomic E-state index is 0.141. The van der Waals surface area contributed by atoms with E-state index in [2.05, 4.69) is 36.1 Å².